The van der Waals surface area contributed by atoms with Crippen molar-refractivity contribution in [2.45, 2.75) is 11.7 Å². The molecule has 0 atom stereocenters. The van der Waals surface area contributed by atoms with Crippen molar-refractivity contribution in [2.75, 3.05) is 17.7 Å². The zero-order chi connectivity index (χ0) is 16.9. The van der Waals surface area contributed by atoms with Crippen LogP contribution in [0.5, 0.6) is 0 Å². The quantitative estimate of drug-likeness (QED) is 0.519. The van der Waals surface area contributed by atoms with Gasteiger partial charge in [-0.3, -0.25) is 14.2 Å². The van der Waals surface area contributed by atoms with E-state index in [0.717, 1.165) is 5.69 Å². The third kappa shape index (κ3) is 3.66. The fourth-order valence-electron chi connectivity index (χ4n) is 2.18. The molecule has 0 radical (unpaired) electrons. The minimum Gasteiger partial charge on any atom is -0.395 e. The van der Waals surface area contributed by atoms with Gasteiger partial charge in [-0.1, -0.05) is 30.0 Å². The summed E-state index contributed by atoms with van der Waals surface area (Å²) in [4.78, 5) is 28.9. The first-order chi connectivity index (χ1) is 11.7. The Hall–Kier alpha value is -2.16. The predicted molar refractivity (Wildman–Crippen MR) is 96.8 cm³/mol. The van der Waals surface area contributed by atoms with Gasteiger partial charge in [0.15, 0.2) is 5.16 Å². The summed E-state index contributed by atoms with van der Waals surface area (Å²) in [6.45, 7) is -0.00937. The molecule has 0 aliphatic carbocycles. The van der Waals surface area contributed by atoms with Crippen LogP contribution in [-0.2, 0) is 11.3 Å². The maximum absolute atomic E-state index is 12.4. The number of aromatic nitrogens is 2. The molecule has 2 heterocycles. The van der Waals surface area contributed by atoms with Crippen LogP contribution in [0, 0.1) is 0 Å². The number of nitrogens with zero attached hydrogens (tertiary/aromatic N) is 2. The second-order valence-electron chi connectivity index (χ2n) is 4.91. The number of anilines is 1. The topological polar surface area (TPSA) is 84.2 Å². The summed E-state index contributed by atoms with van der Waals surface area (Å²) in [5, 5.41) is 14.2. The van der Waals surface area contributed by atoms with Crippen LogP contribution in [0.4, 0.5) is 5.69 Å². The monoisotopic (exact) mass is 361 g/mol. The van der Waals surface area contributed by atoms with Crippen molar-refractivity contribution in [1.82, 2.24) is 9.55 Å². The van der Waals surface area contributed by atoms with Gasteiger partial charge in [-0.05, 0) is 23.6 Å². The van der Waals surface area contributed by atoms with Crippen LogP contribution in [0.1, 0.15) is 0 Å². The van der Waals surface area contributed by atoms with Gasteiger partial charge in [-0.15, -0.1) is 11.3 Å². The Labute approximate surface area is 146 Å². The molecule has 0 unspecified atom stereocenters. The second kappa shape index (κ2) is 7.61. The van der Waals surface area contributed by atoms with Crippen molar-refractivity contribution in [3.05, 3.63) is 52.1 Å². The Kier molecular flexibility index (Phi) is 5.29. The van der Waals surface area contributed by atoms with E-state index in [-0.39, 0.29) is 30.4 Å². The van der Waals surface area contributed by atoms with E-state index < -0.39 is 0 Å². The summed E-state index contributed by atoms with van der Waals surface area (Å²) in [7, 11) is 0. The summed E-state index contributed by atoms with van der Waals surface area (Å²) in [6.07, 6.45) is 0. The van der Waals surface area contributed by atoms with Crippen molar-refractivity contribution in [1.29, 1.82) is 0 Å². The average Bonchev–Trinajstić information content (AvgIpc) is 3.05. The summed E-state index contributed by atoms with van der Waals surface area (Å²) in [6, 6.07) is 10.9. The molecule has 0 saturated carbocycles. The fourth-order valence-corrected chi connectivity index (χ4v) is 3.78. The highest BCUT2D eigenvalue weighted by molar-refractivity contribution is 7.99. The normalized spacial score (nSPS) is 10.9. The van der Waals surface area contributed by atoms with Gasteiger partial charge in [0.25, 0.3) is 5.56 Å². The van der Waals surface area contributed by atoms with E-state index in [1.807, 2.05) is 18.2 Å². The van der Waals surface area contributed by atoms with Crippen LogP contribution in [0.25, 0.3) is 10.2 Å². The minimum absolute atomic E-state index is 0.127. The molecule has 0 spiro atoms. The van der Waals surface area contributed by atoms with Crippen molar-refractivity contribution in [2.24, 2.45) is 0 Å². The van der Waals surface area contributed by atoms with Crippen LogP contribution in [0.2, 0.25) is 0 Å². The minimum atomic E-state index is -0.185. The highest BCUT2D eigenvalue weighted by Gasteiger charge is 2.14. The van der Waals surface area contributed by atoms with Crippen LogP contribution in [-0.4, -0.2) is 32.9 Å². The molecule has 0 aliphatic rings. The first kappa shape index (κ1) is 16.7. The molecule has 124 valence electrons. The van der Waals surface area contributed by atoms with Gasteiger partial charge in [0.1, 0.15) is 4.70 Å². The Bertz CT molecular complexity index is 906. The first-order valence-electron chi connectivity index (χ1n) is 7.25. The lowest BCUT2D eigenvalue weighted by atomic mass is 10.3. The number of para-hydroxylation sites is 1. The number of hydrogen-bond acceptors (Lipinski definition) is 6. The molecule has 0 bridgehead atoms. The van der Waals surface area contributed by atoms with Crippen LogP contribution in [0.3, 0.4) is 0 Å². The highest BCUT2D eigenvalue weighted by atomic mass is 32.2. The molecule has 3 aromatic rings. The fraction of sp³-hybridized carbons (Fsp3) is 0.188. The number of nitrogens with one attached hydrogen (secondary N) is 1. The lowest BCUT2D eigenvalue weighted by Gasteiger charge is -2.10. The van der Waals surface area contributed by atoms with E-state index in [4.69, 9.17) is 0 Å². The molecule has 3 rings (SSSR count). The molecule has 0 saturated heterocycles. The number of hydrogen-bond donors (Lipinski definition) is 2. The summed E-state index contributed by atoms with van der Waals surface area (Å²) in [5.41, 5.74) is 1.15. The van der Waals surface area contributed by atoms with Gasteiger partial charge in [0.05, 0.1) is 24.4 Å². The summed E-state index contributed by atoms with van der Waals surface area (Å²) in [5.74, 6) is -0.0519. The molecule has 2 N–H and O–H groups in total. The number of thiophene rings is 1. The molecule has 2 aromatic heterocycles. The number of amides is 1. The number of aliphatic hydroxyl groups is 1. The van der Waals surface area contributed by atoms with E-state index in [9.17, 15) is 14.7 Å². The van der Waals surface area contributed by atoms with Crippen molar-refractivity contribution in [3.8, 4) is 0 Å². The van der Waals surface area contributed by atoms with Crippen molar-refractivity contribution in [3.63, 3.8) is 0 Å². The largest absolute Gasteiger partial charge is 0.395 e. The van der Waals surface area contributed by atoms with Crippen molar-refractivity contribution >= 4 is 44.9 Å². The zero-order valence-corrected chi connectivity index (χ0v) is 14.3. The van der Waals surface area contributed by atoms with Gasteiger partial charge in [0, 0.05) is 5.69 Å². The SMILES string of the molecule is O=C(CSc1nc2ccsc2c(=O)n1CCO)Nc1ccccc1. The van der Waals surface area contributed by atoms with Gasteiger partial charge < -0.3 is 10.4 Å². The lowest BCUT2D eigenvalue weighted by molar-refractivity contribution is -0.113. The van der Waals surface area contributed by atoms with Crippen LogP contribution in [0.15, 0.2) is 51.7 Å². The van der Waals surface area contributed by atoms with E-state index in [2.05, 4.69) is 10.3 Å². The second-order valence-corrected chi connectivity index (χ2v) is 6.77. The number of benzene rings is 1. The lowest BCUT2D eigenvalue weighted by Crippen LogP contribution is -2.25. The number of rotatable bonds is 6. The molecule has 0 aliphatic heterocycles. The molecule has 1 aromatic carbocycles. The Balaban J connectivity index is 1.77. The molecule has 6 nitrogen and oxygen atoms in total. The first-order valence-corrected chi connectivity index (χ1v) is 9.12. The predicted octanol–water partition coefficient (Wildman–Crippen LogP) is 2.18. The summed E-state index contributed by atoms with van der Waals surface area (Å²) < 4.78 is 1.97. The molecular formula is C16H15N3O3S2. The number of carbonyl (C=O) groups excluding carboxylic acids is 1. The third-order valence-electron chi connectivity index (χ3n) is 3.24. The van der Waals surface area contributed by atoms with E-state index in [1.165, 1.54) is 27.7 Å². The average molecular weight is 361 g/mol. The molecule has 8 heteroatoms. The molecule has 1 amide bonds. The maximum atomic E-state index is 12.4. The molecule has 24 heavy (non-hydrogen) atoms. The number of carbonyl (C=O) groups is 1. The van der Waals surface area contributed by atoms with Crippen LogP contribution >= 0.6 is 23.1 Å². The van der Waals surface area contributed by atoms with Gasteiger partial charge in [-0.25, -0.2) is 4.98 Å². The van der Waals surface area contributed by atoms with Gasteiger partial charge in [-0.2, -0.15) is 0 Å². The maximum Gasteiger partial charge on any atom is 0.272 e. The van der Waals surface area contributed by atoms with Crippen LogP contribution < -0.4 is 10.9 Å². The van der Waals surface area contributed by atoms with Gasteiger partial charge in [0.2, 0.25) is 5.91 Å². The smallest absolute Gasteiger partial charge is 0.272 e. The van der Waals surface area contributed by atoms with E-state index in [0.29, 0.717) is 15.4 Å². The van der Waals surface area contributed by atoms with E-state index in [1.54, 1.807) is 23.6 Å². The Morgan fingerprint density at radius 2 is 2.08 bits per heavy atom. The van der Waals surface area contributed by atoms with Gasteiger partial charge >= 0.3 is 0 Å². The molecular weight excluding hydrogens is 346 g/mol. The zero-order valence-electron chi connectivity index (χ0n) is 12.6. The highest BCUT2D eigenvalue weighted by Crippen LogP contribution is 2.21. The molecule has 0 fully saturated rings. The Morgan fingerprint density at radius 1 is 1.29 bits per heavy atom. The number of fused-ring (bicyclic) bond motifs is 1. The third-order valence-corrected chi connectivity index (χ3v) is 5.11. The summed E-state index contributed by atoms with van der Waals surface area (Å²) >= 11 is 2.50. The van der Waals surface area contributed by atoms with E-state index >= 15 is 0 Å². The standard InChI is InChI=1S/C16H15N3O3S2/c20-8-7-19-15(22)14-12(6-9-23-14)18-16(19)24-10-13(21)17-11-4-2-1-3-5-11/h1-6,9,20H,7-8,10H2,(H,17,21). The Morgan fingerprint density at radius 3 is 2.83 bits per heavy atom. The number of aliphatic hydroxyl groups excluding tert-OH is 1. The number of thioether (sulfide) groups is 1. The van der Waals surface area contributed by atoms with Crippen molar-refractivity contribution < 1.29 is 9.90 Å².